The molecule has 3 aromatic carbocycles. The Morgan fingerprint density at radius 3 is 2.59 bits per heavy atom. The Bertz CT molecular complexity index is 1630. The van der Waals surface area contributed by atoms with Crippen molar-refractivity contribution < 1.29 is 28.7 Å². The van der Waals surface area contributed by atoms with Gasteiger partial charge in [0.2, 0.25) is 5.75 Å². The van der Waals surface area contributed by atoms with E-state index in [0.29, 0.717) is 37.7 Å². The number of ether oxygens (including phenoxy) is 3. The second kappa shape index (κ2) is 15.1. The maximum absolute atomic E-state index is 12.7. The van der Waals surface area contributed by atoms with Crippen molar-refractivity contribution in [3.63, 3.8) is 0 Å². The van der Waals surface area contributed by atoms with E-state index in [-0.39, 0.29) is 24.7 Å². The van der Waals surface area contributed by atoms with Gasteiger partial charge in [0.1, 0.15) is 12.4 Å². The van der Waals surface area contributed by atoms with Crippen LogP contribution < -0.4 is 25.5 Å². The molecule has 3 aromatic rings. The number of halogens is 1. The molecule has 1 atom stereocenters. The summed E-state index contributed by atoms with van der Waals surface area (Å²) in [6.45, 7) is 3.37. The maximum atomic E-state index is 12.7. The molecule has 44 heavy (non-hydrogen) atoms. The third-order valence-corrected chi connectivity index (χ3v) is 7.03. The van der Waals surface area contributed by atoms with Gasteiger partial charge in [-0.15, -0.1) is 0 Å². The number of para-hydroxylation sites is 1. The van der Waals surface area contributed by atoms with Gasteiger partial charge in [-0.25, -0.2) is 10.2 Å². The average molecular weight is 683 g/mol. The number of hydrogen-bond donors (Lipinski definition) is 3. The zero-order valence-corrected chi connectivity index (χ0v) is 26.1. The first-order valence-electron chi connectivity index (χ1n) is 13.3. The van der Waals surface area contributed by atoms with Gasteiger partial charge >= 0.3 is 11.7 Å². The number of amides is 1. The number of hydrogen-bond acceptors (Lipinski definition) is 9. The van der Waals surface area contributed by atoms with Crippen LogP contribution in [0.4, 0.5) is 5.69 Å². The molecule has 228 valence electrons. The van der Waals surface area contributed by atoms with E-state index >= 15 is 0 Å². The van der Waals surface area contributed by atoms with Gasteiger partial charge in [0.05, 0.1) is 33.8 Å². The van der Waals surface area contributed by atoms with Crippen LogP contribution in [0, 0.1) is 10.1 Å². The Kier molecular flexibility index (Phi) is 11.0. The minimum absolute atomic E-state index is 0.0762. The summed E-state index contributed by atoms with van der Waals surface area (Å²) in [5, 5.41) is 22.0. The number of carbonyl (C=O) groups is 2. The number of hydrazone groups is 1. The van der Waals surface area contributed by atoms with Gasteiger partial charge in [0.25, 0.3) is 5.91 Å². The molecule has 0 radical (unpaired) electrons. The number of nitro benzene ring substituents is 1. The molecule has 0 fully saturated rings. The molecule has 0 aliphatic carbocycles. The van der Waals surface area contributed by atoms with Crippen LogP contribution in [0.1, 0.15) is 36.6 Å². The molecule has 1 heterocycles. The fourth-order valence-corrected chi connectivity index (χ4v) is 5.15. The molecule has 14 heteroatoms. The summed E-state index contributed by atoms with van der Waals surface area (Å²) in [6, 6.07) is 18.4. The highest BCUT2D eigenvalue weighted by molar-refractivity contribution is 9.10. The number of allylic oxidation sites excluding steroid dienone is 1. The van der Waals surface area contributed by atoms with E-state index in [2.05, 4.69) is 37.1 Å². The lowest BCUT2D eigenvalue weighted by Gasteiger charge is -2.30. The number of benzene rings is 3. The second-order valence-corrected chi connectivity index (χ2v) is 10.6. The zero-order valence-electron chi connectivity index (χ0n) is 23.7. The third kappa shape index (κ3) is 8.17. The number of rotatable bonds is 12. The van der Waals surface area contributed by atoms with E-state index in [1.54, 1.807) is 44.2 Å². The lowest BCUT2D eigenvalue weighted by atomic mass is 9.95. The minimum Gasteiger partial charge on any atom is -0.483 e. The van der Waals surface area contributed by atoms with Gasteiger partial charge in [-0.3, -0.25) is 14.9 Å². The first-order valence-corrected chi connectivity index (χ1v) is 14.5. The van der Waals surface area contributed by atoms with Crippen LogP contribution in [0.15, 0.2) is 87.6 Å². The van der Waals surface area contributed by atoms with Crippen LogP contribution in [-0.2, 0) is 20.9 Å². The SMILES string of the molecule is CCOC(=O)C1=C(C)NC(=S)N[C@H]1c1ccccc1OCC(=O)NN=Cc1cc(Br)c(OCc2ccccc2)c([N+](=O)[O-])c1. The monoisotopic (exact) mass is 681 g/mol. The Labute approximate surface area is 266 Å². The molecule has 1 amide bonds. The number of carbonyl (C=O) groups excluding carboxylic acids is 2. The summed E-state index contributed by atoms with van der Waals surface area (Å²) in [4.78, 5) is 36.5. The van der Waals surface area contributed by atoms with Crippen LogP contribution in [0.2, 0.25) is 0 Å². The number of nitrogens with one attached hydrogen (secondary N) is 3. The third-order valence-electron chi connectivity index (χ3n) is 6.23. The van der Waals surface area contributed by atoms with Crippen molar-refractivity contribution in [2.45, 2.75) is 26.5 Å². The number of esters is 1. The summed E-state index contributed by atoms with van der Waals surface area (Å²) in [7, 11) is 0. The summed E-state index contributed by atoms with van der Waals surface area (Å²) < 4.78 is 17.1. The van der Waals surface area contributed by atoms with Gasteiger partial charge < -0.3 is 24.8 Å². The molecular formula is C30H28BrN5O7S. The van der Waals surface area contributed by atoms with Crippen molar-refractivity contribution in [3.05, 3.63) is 109 Å². The van der Waals surface area contributed by atoms with E-state index < -0.39 is 29.4 Å². The van der Waals surface area contributed by atoms with Gasteiger partial charge in [0, 0.05) is 22.9 Å². The molecule has 0 unspecified atom stereocenters. The molecule has 0 saturated heterocycles. The van der Waals surface area contributed by atoms with Crippen LogP contribution in [0.5, 0.6) is 11.5 Å². The minimum atomic E-state index is -0.672. The zero-order chi connectivity index (χ0) is 31.6. The Hall–Kier alpha value is -4.82. The van der Waals surface area contributed by atoms with E-state index in [1.165, 1.54) is 12.3 Å². The highest BCUT2D eigenvalue weighted by atomic mass is 79.9. The summed E-state index contributed by atoms with van der Waals surface area (Å²) in [5.41, 5.74) is 4.74. The summed E-state index contributed by atoms with van der Waals surface area (Å²) in [6.07, 6.45) is 1.27. The topological polar surface area (TPSA) is 153 Å². The Morgan fingerprint density at radius 1 is 1.14 bits per heavy atom. The molecule has 0 saturated carbocycles. The van der Waals surface area contributed by atoms with Gasteiger partial charge in [-0.05, 0) is 59.7 Å². The van der Waals surface area contributed by atoms with E-state index in [4.69, 9.17) is 26.4 Å². The molecule has 1 aliphatic rings. The molecule has 0 aromatic heterocycles. The number of nitro groups is 1. The first kappa shape index (κ1) is 32.1. The fourth-order valence-electron chi connectivity index (χ4n) is 4.29. The maximum Gasteiger partial charge on any atom is 0.338 e. The first-order chi connectivity index (χ1) is 21.2. The van der Waals surface area contributed by atoms with Crippen LogP contribution in [0.3, 0.4) is 0 Å². The Morgan fingerprint density at radius 2 is 1.86 bits per heavy atom. The standard InChI is InChI=1S/C30H28BrN5O7S/c1-3-41-29(38)26-18(2)33-30(44)34-27(26)21-11-7-8-12-24(21)42-17-25(37)35-32-15-20-13-22(31)28(23(14-20)36(39)40)43-16-19-9-5-4-6-10-19/h4-15,27H,3,16-17H2,1-2H3,(H,35,37)(H2,33,34,44)/t27-/m0/s1. The molecule has 1 aliphatic heterocycles. The quantitative estimate of drug-likeness (QED) is 0.0797. The van der Waals surface area contributed by atoms with Gasteiger partial charge in [0.15, 0.2) is 11.7 Å². The lowest BCUT2D eigenvalue weighted by molar-refractivity contribution is -0.386. The summed E-state index contributed by atoms with van der Waals surface area (Å²) >= 11 is 8.63. The van der Waals surface area contributed by atoms with E-state index in [0.717, 1.165) is 5.56 Å². The highest BCUT2D eigenvalue weighted by Crippen LogP contribution is 2.37. The number of nitrogens with zero attached hydrogens (tertiary/aromatic N) is 2. The van der Waals surface area contributed by atoms with Crippen molar-refractivity contribution in [1.29, 1.82) is 0 Å². The number of thiocarbonyl (C=S) groups is 1. The van der Waals surface area contributed by atoms with E-state index in [1.807, 2.05) is 30.3 Å². The summed E-state index contributed by atoms with van der Waals surface area (Å²) in [5.74, 6) is -0.679. The Balaban J connectivity index is 1.42. The normalized spacial score (nSPS) is 14.4. The molecular weight excluding hydrogens is 654 g/mol. The smallest absolute Gasteiger partial charge is 0.338 e. The van der Waals surface area contributed by atoms with Crippen molar-refractivity contribution >= 4 is 57.0 Å². The van der Waals surface area contributed by atoms with E-state index in [9.17, 15) is 19.7 Å². The average Bonchev–Trinajstić information content (AvgIpc) is 2.99. The van der Waals surface area contributed by atoms with Crippen LogP contribution in [0.25, 0.3) is 0 Å². The molecule has 12 nitrogen and oxygen atoms in total. The predicted octanol–water partition coefficient (Wildman–Crippen LogP) is 4.82. The van der Waals surface area contributed by atoms with Gasteiger partial charge in [-0.1, -0.05) is 48.5 Å². The van der Waals surface area contributed by atoms with Crippen molar-refractivity contribution in [3.8, 4) is 11.5 Å². The van der Waals surface area contributed by atoms with Crippen molar-refractivity contribution in [2.24, 2.45) is 5.10 Å². The molecule has 4 rings (SSSR count). The van der Waals surface area contributed by atoms with Crippen LogP contribution >= 0.6 is 28.1 Å². The van der Waals surface area contributed by atoms with Gasteiger partial charge in [-0.2, -0.15) is 5.10 Å². The van der Waals surface area contributed by atoms with Crippen molar-refractivity contribution in [1.82, 2.24) is 16.1 Å². The largest absolute Gasteiger partial charge is 0.483 e. The molecule has 0 spiro atoms. The molecule has 0 bridgehead atoms. The fraction of sp³-hybridized carbons (Fsp3) is 0.200. The second-order valence-electron chi connectivity index (χ2n) is 9.29. The van der Waals surface area contributed by atoms with Crippen molar-refractivity contribution in [2.75, 3.05) is 13.2 Å². The highest BCUT2D eigenvalue weighted by Gasteiger charge is 2.32. The lowest BCUT2D eigenvalue weighted by Crippen LogP contribution is -2.45. The van der Waals surface area contributed by atoms with Crippen LogP contribution in [-0.4, -0.2) is 41.3 Å². The predicted molar refractivity (Wildman–Crippen MR) is 170 cm³/mol. The molecule has 3 N–H and O–H groups in total.